The van der Waals surface area contributed by atoms with E-state index in [-0.39, 0.29) is 0 Å². The van der Waals surface area contributed by atoms with Gasteiger partial charge in [-0.2, -0.15) is 13.2 Å². The maximum atomic E-state index is 10.5. The van der Waals surface area contributed by atoms with Crippen molar-refractivity contribution in [3.8, 4) is 0 Å². The Kier molecular flexibility index (Phi) is 15.7. The van der Waals surface area contributed by atoms with Gasteiger partial charge in [0.25, 0.3) is 0 Å². The van der Waals surface area contributed by atoms with Crippen LogP contribution in [0.1, 0.15) is 59.3 Å². The Morgan fingerprint density at radius 3 is 1.30 bits per heavy atom. The maximum absolute atomic E-state index is 10.5. The fourth-order valence-corrected chi connectivity index (χ4v) is 11.1. The Balaban J connectivity index is 0. The number of halogens is 3. The first kappa shape index (κ1) is 22.3. The largest absolute Gasteiger partial charge is 0.542 e. The van der Waals surface area contributed by atoms with E-state index in [1.54, 1.807) is 13.3 Å². The van der Waals surface area contributed by atoms with Gasteiger partial charge in [-0.15, -0.1) is 0 Å². The van der Waals surface area contributed by atoms with E-state index in [9.17, 15) is 13.2 Å². The molecule has 0 heterocycles. The van der Waals surface area contributed by atoms with Gasteiger partial charge < -0.3 is 9.90 Å². The summed E-state index contributed by atoms with van der Waals surface area (Å²) in [7, 11) is 0. The van der Waals surface area contributed by atoms with Crippen LogP contribution in [0, 0.1) is 0 Å². The first-order valence-electron chi connectivity index (χ1n) is 7.41. The fraction of sp³-hybridized carbons (Fsp3) is 0.929. The van der Waals surface area contributed by atoms with Crippen LogP contribution in [-0.4, -0.2) is 31.9 Å². The number of carboxylic acids is 1. The zero-order valence-electron chi connectivity index (χ0n) is 12.8. The molecular formula is C14H27F3O2Sn. The van der Waals surface area contributed by atoms with Crippen LogP contribution in [0.2, 0.25) is 13.3 Å². The Labute approximate surface area is 127 Å². The summed E-state index contributed by atoms with van der Waals surface area (Å²) in [5, 5.41) is 8.78. The van der Waals surface area contributed by atoms with Gasteiger partial charge in [-0.25, -0.2) is 0 Å². The van der Waals surface area contributed by atoms with Gasteiger partial charge in [0.15, 0.2) is 0 Å². The standard InChI is InChI=1S/3C4H9.C2HF3O2.Sn/c3*1-3-4-2;3-2(4,5)1(6)7;/h3*1,3-4H2,2H3;(H,6,7);/q;;;;+1/p-1. The van der Waals surface area contributed by atoms with Crippen LogP contribution in [0.15, 0.2) is 0 Å². The second-order valence-electron chi connectivity index (χ2n) is 4.85. The molecule has 2 nitrogen and oxygen atoms in total. The second kappa shape index (κ2) is 14.0. The maximum Gasteiger partial charge on any atom is 0.430 e. The van der Waals surface area contributed by atoms with Crippen LogP contribution in [0.3, 0.4) is 0 Å². The van der Waals surface area contributed by atoms with Crippen molar-refractivity contribution in [2.75, 3.05) is 0 Å². The number of hydrogen-bond acceptors (Lipinski definition) is 2. The molecule has 0 aliphatic heterocycles. The summed E-state index contributed by atoms with van der Waals surface area (Å²) < 4.78 is 36.6. The molecule has 0 atom stereocenters. The van der Waals surface area contributed by atoms with Gasteiger partial charge in [-0.05, 0) is 0 Å². The predicted octanol–water partition coefficient (Wildman–Crippen LogP) is 4.18. The smallest absolute Gasteiger partial charge is 0.430 e. The summed E-state index contributed by atoms with van der Waals surface area (Å²) in [5.41, 5.74) is 0. The molecule has 0 fully saturated rings. The van der Waals surface area contributed by atoms with Crippen molar-refractivity contribution in [3.05, 3.63) is 0 Å². The molecule has 20 heavy (non-hydrogen) atoms. The topological polar surface area (TPSA) is 40.1 Å². The molecule has 0 saturated carbocycles. The van der Waals surface area contributed by atoms with E-state index in [0.717, 1.165) is 0 Å². The minimum atomic E-state index is -5.19. The Hall–Kier alpha value is 0.0587. The quantitative estimate of drug-likeness (QED) is 0.542. The molecule has 120 valence electrons. The zero-order chi connectivity index (χ0) is 16.0. The van der Waals surface area contributed by atoms with E-state index in [1.807, 2.05) is 0 Å². The molecule has 0 aromatic carbocycles. The van der Waals surface area contributed by atoms with Crippen molar-refractivity contribution in [1.82, 2.24) is 0 Å². The van der Waals surface area contributed by atoms with Gasteiger partial charge in [0, 0.05) is 0 Å². The van der Waals surface area contributed by atoms with Gasteiger partial charge in [0.1, 0.15) is 5.97 Å². The van der Waals surface area contributed by atoms with Crippen LogP contribution < -0.4 is 5.11 Å². The summed E-state index contributed by atoms with van der Waals surface area (Å²) in [6.45, 7) is 7.00. The van der Waals surface area contributed by atoms with Crippen LogP contribution in [0.4, 0.5) is 13.2 Å². The molecule has 0 amide bonds. The molecule has 0 saturated heterocycles. The van der Waals surface area contributed by atoms with Crippen LogP contribution in [-0.2, 0) is 4.79 Å². The minimum Gasteiger partial charge on any atom is -0.542 e. The van der Waals surface area contributed by atoms with E-state index >= 15 is 0 Å². The molecule has 0 spiro atoms. The first-order chi connectivity index (χ1) is 9.29. The van der Waals surface area contributed by atoms with E-state index in [4.69, 9.17) is 9.90 Å². The predicted molar refractivity (Wildman–Crippen MR) is 76.0 cm³/mol. The third-order valence-electron chi connectivity index (χ3n) is 2.88. The van der Waals surface area contributed by atoms with Crippen molar-refractivity contribution in [3.63, 3.8) is 0 Å². The number of hydrogen-bond donors (Lipinski definition) is 0. The van der Waals surface area contributed by atoms with Crippen molar-refractivity contribution in [2.24, 2.45) is 0 Å². The van der Waals surface area contributed by atoms with E-state index in [1.165, 1.54) is 38.5 Å². The molecule has 0 unspecified atom stereocenters. The molecule has 0 aliphatic carbocycles. The van der Waals surface area contributed by atoms with Crippen molar-refractivity contribution < 1.29 is 23.1 Å². The van der Waals surface area contributed by atoms with Crippen molar-refractivity contribution in [2.45, 2.75) is 78.8 Å². The number of carbonyl (C=O) groups excluding carboxylic acids is 1. The summed E-state index contributed by atoms with van der Waals surface area (Å²) >= 11 is -0.839. The molecule has 0 aromatic rings. The molecule has 0 rings (SSSR count). The van der Waals surface area contributed by atoms with Gasteiger partial charge in [-0.3, -0.25) is 0 Å². The monoisotopic (exact) mass is 404 g/mol. The molecule has 0 aromatic heterocycles. The first-order valence-corrected chi connectivity index (χ1v) is 13.5. The molecule has 0 N–H and O–H groups in total. The van der Waals surface area contributed by atoms with Gasteiger partial charge >= 0.3 is 98.5 Å². The number of carboxylic acid groups (broad SMARTS) is 1. The average molecular weight is 403 g/mol. The van der Waals surface area contributed by atoms with E-state index < -0.39 is 31.9 Å². The molecule has 0 radical (unpaired) electrons. The number of unbranched alkanes of at least 4 members (excludes halogenated alkanes) is 3. The summed E-state index contributed by atoms with van der Waals surface area (Å²) in [6, 6.07) is 0. The normalized spacial score (nSPS) is 10.7. The average Bonchev–Trinajstić information content (AvgIpc) is 2.37. The molecular weight excluding hydrogens is 376 g/mol. The minimum absolute atomic E-state index is 0.839. The van der Waals surface area contributed by atoms with E-state index in [2.05, 4.69) is 20.8 Å². The molecule has 6 heteroatoms. The van der Waals surface area contributed by atoms with Crippen LogP contribution in [0.5, 0.6) is 0 Å². The SMILES string of the molecule is CCC[CH2][Sn+]([CH2]CCC)[CH2]CCC.O=C([O-])C(F)(F)F. The van der Waals surface area contributed by atoms with Gasteiger partial charge in [0.05, 0.1) is 0 Å². The van der Waals surface area contributed by atoms with Crippen molar-refractivity contribution in [1.29, 1.82) is 0 Å². The summed E-state index contributed by atoms with van der Waals surface area (Å²) in [4.78, 5) is 8.78. The fourth-order valence-electron chi connectivity index (χ4n) is 1.66. The van der Waals surface area contributed by atoms with Crippen LogP contribution in [0.25, 0.3) is 0 Å². The Morgan fingerprint density at radius 2 is 1.15 bits per heavy atom. The molecule has 0 aliphatic rings. The second-order valence-corrected chi connectivity index (χ2v) is 13.4. The number of rotatable bonds is 9. The van der Waals surface area contributed by atoms with Gasteiger partial charge in [-0.1, -0.05) is 0 Å². The summed E-state index contributed by atoms with van der Waals surface area (Å²) in [5.74, 6) is -3.01. The van der Waals surface area contributed by atoms with Crippen LogP contribution >= 0.6 is 0 Å². The zero-order valence-corrected chi connectivity index (χ0v) is 15.7. The summed E-state index contributed by atoms with van der Waals surface area (Å²) in [6.07, 6.45) is 3.65. The number of alkyl halides is 3. The third-order valence-corrected chi connectivity index (χ3v) is 12.0. The van der Waals surface area contributed by atoms with E-state index in [0.29, 0.717) is 0 Å². The number of carbonyl (C=O) groups is 1. The Morgan fingerprint density at radius 1 is 0.900 bits per heavy atom. The number of aliphatic carboxylic acids is 1. The Bertz CT molecular complexity index is 214. The van der Waals surface area contributed by atoms with Gasteiger partial charge in [0.2, 0.25) is 0 Å². The third kappa shape index (κ3) is 16.1. The van der Waals surface area contributed by atoms with Crippen molar-refractivity contribution >= 4 is 25.7 Å². The molecule has 0 bridgehead atoms.